The number of hydrogen-bond donors (Lipinski definition) is 2. The molecule has 23 heavy (non-hydrogen) atoms. The highest BCUT2D eigenvalue weighted by atomic mass is 19.1. The molecule has 1 aliphatic rings. The Bertz CT molecular complexity index is 459. The number of likely N-dealkylation sites (tertiary alicyclic amines) is 1. The maximum atomic E-state index is 12.9. The van der Waals surface area contributed by atoms with Gasteiger partial charge in [0.05, 0.1) is 12.2 Å². The van der Waals surface area contributed by atoms with Crippen LogP contribution in [-0.2, 0) is 0 Å². The van der Waals surface area contributed by atoms with Crippen LogP contribution in [0.15, 0.2) is 24.3 Å². The van der Waals surface area contributed by atoms with Crippen molar-refractivity contribution >= 4 is 0 Å². The summed E-state index contributed by atoms with van der Waals surface area (Å²) < 4.78 is 12.9. The molecule has 0 aliphatic carbocycles. The molecule has 2 rings (SSSR count). The topological polar surface area (TPSA) is 46.9 Å². The van der Waals surface area contributed by atoms with E-state index in [-0.39, 0.29) is 11.9 Å². The smallest absolute Gasteiger partial charge is 0.123 e. The Morgan fingerprint density at radius 3 is 2.39 bits per heavy atom. The van der Waals surface area contributed by atoms with Gasteiger partial charge in [0.15, 0.2) is 0 Å². The van der Waals surface area contributed by atoms with E-state index in [0.29, 0.717) is 12.5 Å². The Hall–Kier alpha value is -1.01. The highest BCUT2D eigenvalue weighted by Gasteiger charge is 2.22. The van der Waals surface area contributed by atoms with Gasteiger partial charge < -0.3 is 20.0 Å². The van der Waals surface area contributed by atoms with Crippen molar-refractivity contribution < 1.29 is 14.6 Å². The molecule has 1 saturated heterocycles. The zero-order valence-corrected chi connectivity index (χ0v) is 14.2. The number of aliphatic hydroxyl groups is 2. The van der Waals surface area contributed by atoms with Crippen molar-refractivity contribution in [2.45, 2.75) is 32.0 Å². The lowest BCUT2D eigenvalue weighted by molar-refractivity contribution is 0.0806. The van der Waals surface area contributed by atoms with Crippen LogP contribution in [0.2, 0.25) is 0 Å². The third-order valence-electron chi connectivity index (χ3n) is 4.54. The maximum Gasteiger partial charge on any atom is 0.123 e. The summed E-state index contributed by atoms with van der Waals surface area (Å²) in [6, 6.07) is 6.05. The zero-order valence-electron chi connectivity index (χ0n) is 14.2. The fourth-order valence-electron chi connectivity index (χ4n) is 3.33. The first-order chi connectivity index (χ1) is 10.9. The van der Waals surface area contributed by atoms with Crippen molar-refractivity contribution in [1.82, 2.24) is 9.80 Å². The third-order valence-corrected chi connectivity index (χ3v) is 4.54. The number of β-amino-alcohol motifs (C(OH)–C–C–N with tert-alkyl or cyclic N) is 1. The summed E-state index contributed by atoms with van der Waals surface area (Å²) in [5, 5.41) is 19.7. The number of halogens is 1. The number of likely N-dealkylation sites (N-methyl/N-ethyl adjacent to an activating group) is 1. The van der Waals surface area contributed by atoms with Gasteiger partial charge in [0.1, 0.15) is 5.82 Å². The van der Waals surface area contributed by atoms with E-state index in [1.165, 1.54) is 12.1 Å². The summed E-state index contributed by atoms with van der Waals surface area (Å²) in [6.07, 6.45) is 1.41. The first-order valence-corrected chi connectivity index (χ1v) is 8.46. The van der Waals surface area contributed by atoms with E-state index < -0.39 is 6.10 Å². The van der Waals surface area contributed by atoms with E-state index in [2.05, 4.69) is 9.80 Å². The Morgan fingerprint density at radius 2 is 1.83 bits per heavy atom. The van der Waals surface area contributed by atoms with Gasteiger partial charge in [-0.05, 0) is 63.5 Å². The van der Waals surface area contributed by atoms with Crippen LogP contribution < -0.4 is 0 Å². The molecule has 0 bridgehead atoms. The molecule has 1 aliphatic heterocycles. The maximum absolute atomic E-state index is 12.9. The van der Waals surface area contributed by atoms with Crippen LogP contribution in [-0.4, -0.2) is 65.9 Å². The fourth-order valence-corrected chi connectivity index (χ4v) is 3.33. The minimum Gasteiger partial charge on any atom is -0.392 e. The third kappa shape index (κ3) is 6.18. The minimum absolute atomic E-state index is 0.264. The Morgan fingerprint density at radius 1 is 1.22 bits per heavy atom. The molecule has 0 radical (unpaired) electrons. The number of hydrogen-bond acceptors (Lipinski definition) is 4. The highest BCUT2D eigenvalue weighted by molar-refractivity contribution is 5.18. The second kappa shape index (κ2) is 8.73. The molecule has 0 amide bonds. The Balaban J connectivity index is 1.72. The largest absolute Gasteiger partial charge is 0.392 e. The molecular weight excluding hydrogens is 295 g/mol. The number of rotatable bonds is 7. The number of benzene rings is 1. The summed E-state index contributed by atoms with van der Waals surface area (Å²) >= 11 is 0. The molecule has 0 saturated carbocycles. The highest BCUT2D eigenvalue weighted by Crippen LogP contribution is 2.20. The fraction of sp³-hybridized carbons (Fsp3) is 0.667. The molecule has 1 aromatic carbocycles. The normalized spacial score (nSPS) is 19.9. The molecule has 4 nitrogen and oxygen atoms in total. The van der Waals surface area contributed by atoms with Crippen molar-refractivity contribution in [2.24, 2.45) is 5.92 Å². The molecule has 2 N–H and O–H groups in total. The van der Waals surface area contributed by atoms with Gasteiger partial charge in [-0.3, -0.25) is 0 Å². The lowest BCUT2D eigenvalue weighted by Gasteiger charge is -2.34. The van der Waals surface area contributed by atoms with Crippen LogP contribution in [0.4, 0.5) is 4.39 Å². The standard InChI is InChI=1S/C18H29FN2O2/c1-14(22)11-21-9-7-15(8-10-21)12-20(2)13-18(23)16-3-5-17(19)6-4-16/h3-6,14-15,18,22-23H,7-13H2,1-2H3/t14-,18+/m0/s1. The van der Waals surface area contributed by atoms with E-state index >= 15 is 0 Å². The van der Waals surface area contributed by atoms with Crippen LogP contribution in [0, 0.1) is 11.7 Å². The molecule has 0 aromatic heterocycles. The van der Waals surface area contributed by atoms with Crippen LogP contribution in [0.3, 0.4) is 0 Å². The van der Waals surface area contributed by atoms with Crippen molar-refractivity contribution in [2.75, 3.05) is 39.8 Å². The van der Waals surface area contributed by atoms with Crippen molar-refractivity contribution in [3.8, 4) is 0 Å². The average molecular weight is 324 g/mol. The predicted molar refractivity (Wildman–Crippen MR) is 89.7 cm³/mol. The van der Waals surface area contributed by atoms with Gasteiger partial charge in [0.25, 0.3) is 0 Å². The van der Waals surface area contributed by atoms with E-state index in [1.54, 1.807) is 12.1 Å². The summed E-state index contributed by atoms with van der Waals surface area (Å²) in [4.78, 5) is 4.47. The molecule has 0 spiro atoms. The lowest BCUT2D eigenvalue weighted by atomic mass is 9.96. The van der Waals surface area contributed by atoms with E-state index in [9.17, 15) is 14.6 Å². The monoisotopic (exact) mass is 324 g/mol. The van der Waals surface area contributed by atoms with Gasteiger partial charge in [-0.1, -0.05) is 12.1 Å². The van der Waals surface area contributed by atoms with Gasteiger partial charge >= 0.3 is 0 Å². The van der Waals surface area contributed by atoms with E-state index in [0.717, 1.165) is 44.6 Å². The quantitative estimate of drug-likeness (QED) is 0.804. The van der Waals surface area contributed by atoms with Crippen molar-refractivity contribution in [3.05, 3.63) is 35.6 Å². The van der Waals surface area contributed by atoms with Gasteiger partial charge in [-0.2, -0.15) is 0 Å². The molecule has 1 fully saturated rings. The Labute approximate surface area is 138 Å². The molecule has 0 unspecified atom stereocenters. The molecule has 5 heteroatoms. The van der Waals surface area contributed by atoms with Crippen molar-refractivity contribution in [3.63, 3.8) is 0 Å². The first-order valence-electron chi connectivity index (χ1n) is 8.46. The molecule has 130 valence electrons. The minimum atomic E-state index is -0.587. The SMILES string of the molecule is C[C@H](O)CN1CCC(CN(C)C[C@@H](O)c2ccc(F)cc2)CC1. The summed E-state index contributed by atoms with van der Waals surface area (Å²) in [7, 11) is 2.02. The number of nitrogens with zero attached hydrogens (tertiary/aromatic N) is 2. The summed E-state index contributed by atoms with van der Waals surface area (Å²) in [5.74, 6) is 0.351. The first kappa shape index (κ1) is 18.3. The average Bonchev–Trinajstić information content (AvgIpc) is 2.49. The second-order valence-electron chi connectivity index (χ2n) is 6.88. The van der Waals surface area contributed by atoms with Gasteiger partial charge in [0.2, 0.25) is 0 Å². The van der Waals surface area contributed by atoms with E-state index in [1.807, 2.05) is 14.0 Å². The number of piperidine rings is 1. The zero-order chi connectivity index (χ0) is 16.8. The molecule has 1 aromatic rings. The van der Waals surface area contributed by atoms with Gasteiger partial charge in [-0.25, -0.2) is 4.39 Å². The van der Waals surface area contributed by atoms with Crippen LogP contribution in [0.1, 0.15) is 31.4 Å². The van der Waals surface area contributed by atoms with Crippen molar-refractivity contribution in [1.29, 1.82) is 0 Å². The van der Waals surface area contributed by atoms with Crippen LogP contribution >= 0.6 is 0 Å². The molecule has 2 atom stereocenters. The second-order valence-corrected chi connectivity index (χ2v) is 6.88. The van der Waals surface area contributed by atoms with Gasteiger partial charge in [-0.15, -0.1) is 0 Å². The molecule has 1 heterocycles. The number of aliphatic hydroxyl groups excluding tert-OH is 2. The predicted octanol–water partition coefficient (Wildman–Crippen LogP) is 1.88. The lowest BCUT2D eigenvalue weighted by Crippen LogP contribution is -2.41. The molecular formula is C18H29FN2O2. The van der Waals surface area contributed by atoms with Crippen LogP contribution in [0.25, 0.3) is 0 Å². The summed E-state index contributed by atoms with van der Waals surface area (Å²) in [5.41, 5.74) is 0.755. The Kier molecular flexibility index (Phi) is 6.96. The van der Waals surface area contributed by atoms with Gasteiger partial charge in [0, 0.05) is 19.6 Å². The van der Waals surface area contributed by atoms with Crippen LogP contribution in [0.5, 0.6) is 0 Å². The summed E-state index contributed by atoms with van der Waals surface area (Å²) in [6.45, 7) is 6.16. The van der Waals surface area contributed by atoms with E-state index in [4.69, 9.17) is 0 Å².